The number of carbonyl (C=O) groups is 1. The molecule has 1 aliphatic rings. The molecule has 3 aromatic heterocycles. The number of hydrogen-bond acceptors (Lipinski definition) is 5. The lowest BCUT2D eigenvalue weighted by Crippen LogP contribution is -2.29. The molecule has 0 amide bonds. The summed E-state index contributed by atoms with van der Waals surface area (Å²) in [6.07, 6.45) is 10.9. The molecule has 1 saturated heterocycles. The molecular formula is C24H31N5O. The number of likely N-dealkylation sites (tertiary alicyclic amines) is 1. The first-order valence-electron chi connectivity index (χ1n) is 11.0. The normalized spacial score (nSPS) is 18.1. The average molecular weight is 406 g/mol. The van der Waals surface area contributed by atoms with Gasteiger partial charge in [-0.1, -0.05) is 13.8 Å². The number of hydrogen-bond donors (Lipinski definition) is 0. The molecule has 158 valence electrons. The molecular weight excluding hydrogens is 374 g/mol. The number of Topliss-reactive ketones (excluding diaryl/α,β-unsaturated/α-hetero) is 1. The summed E-state index contributed by atoms with van der Waals surface area (Å²) in [5.41, 5.74) is 3.73. The first-order chi connectivity index (χ1) is 14.5. The van der Waals surface area contributed by atoms with Crippen LogP contribution in [0.15, 0.2) is 36.9 Å². The third-order valence-corrected chi connectivity index (χ3v) is 5.92. The van der Waals surface area contributed by atoms with Crippen LogP contribution in [-0.4, -0.2) is 50.1 Å². The van der Waals surface area contributed by atoms with Crippen molar-refractivity contribution in [2.24, 2.45) is 18.9 Å². The monoisotopic (exact) mass is 405 g/mol. The lowest BCUT2D eigenvalue weighted by Gasteiger charge is -2.22. The number of aryl methyl sites for hydroxylation is 1. The van der Waals surface area contributed by atoms with Gasteiger partial charge in [-0.3, -0.25) is 19.4 Å². The van der Waals surface area contributed by atoms with Gasteiger partial charge in [0.1, 0.15) is 5.78 Å². The molecule has 0 spiro atoms. The largest absolute Gasteiger partial charge is 0.303 e. The van der Waals surface area contributed by atoms with Crippen molar-refractivity contribution in [2.45, 2.75) is 39.5 Å². The zero-order valence-corrected chi connectivity index (χ0v) is 18.2. The third-order valence-electron chi connectivity index (χ3n) is 5.92. The summed E-state index contributed by atoms with van der Waals surface area (Å²) in [5, 5.41) is 5.25. The highest BCUT2D eigenvalue weighted by atomic mass is 16.1. The molecule has 3 aromatic rings. The fraction of sp³-hybridized carbons (Fsp3) is 0.500. The number of ketones is 1. The second-order valence-corrected chi connectivity index (χ2v) is 8.96. The van der Waals surface area contributed by atoms with E-state index in [2.05, 4.69) is 39.9 Å². The van der Waals surface area contributed by atoms with Gasteiger partial charge in [-0.15, -0.1) is 0 Å². The summed E-state index contributed by atoms with van der Waals surface area (Å²) in [5.74, 6) is 1.15. The van der Waals surface area contributed by atoms with Crippen LogP contribution in [0.25, 0.3) is 22.0 Å². The van der Waals surface area contributed by atoms with Gasteiger partial charge in [0.25, 0.3) is 0 Å². The quantitative estimate of drug-likeness (QED) is 0.622. The van der Waals surface area contributed by atoms with E-state index < -0.39 is 0 Å². The lowest BCUT2D eigenvalue weighted by molar-refractivity contribution is -0.122. The highest BCUT2D eigenvalue weighted by molar-refractivity contribution is 5.86. The van der Waals surface area contributed by atoms with E-state index in [1.165, 1.54) is 0 Å². The summed E-state index contributed by atoms with van der Waals surface area (Å²) < 4.78 is 1.78. The number of nitrogens with zero attached hydrogens (tertiary/aromatic N) is 5. The van der Waals surface area contributed by atoms with Gasteiger partial charge < -0.3 is 4.90 Å². The van der Waals surface area contributed by atoms with Gasteiger partial charge in [-0.05, 0) is 50.4 Å². The van der Waals surface area contributed by atoms with Crippen LogP contribution in [0.3, 0.4) is 0 Å². The van der Waals surface area contributed by atoms with Crippen LogP contribution in [0, 0.1) is 11.8 Å². The fourth-order valence-corrected chi connectivity index (χ4v) is 4.40. The summed E-state index contributed by atoms with van der Waals surface area (Å²) in [7, 11) is 1.90. The van der Waals surface area contributed by atoms with Gasteiger partial charge >= 0.3 is 0 Å². The molecule has 0 aliphatic carbocycles. The third kappa shape index (κ3) is 4.93. The Balaban J connectivity index is 1.46. The smallest absolute Gasteiger partial charge is 0.141 e. The minimum atomic E-state index is 0.152. The minimum absolute atomic E-state index is 0.152. The van der Waals surface area contributed by atoms with Gasteiger partial charge in [0, 0.05) is 60.5 Å². The predicted octanol–water partition coefficient (Wildman–Crippen LogP) is 3.90. The van der Waals surface area contributed by atoms with E-state index in [4.69, 9.17) is 0 Å². The maximum absolute atomic E-state index is 13.0. The topological polar surface area (TPSA) is 63.9 Å². The molecule has 30 heavy (non-hydrogen) atoms. The summed E-state index contributed by atoms with van der Waals surface area (Å²) in [6, 6.07) is 4.12. The molecule has 0 saturated carbocycles. The number of fused-ring (bicyclic) bond motifs is 1. The molecule has 4 heterocycles. The molecule has 0 N–H and O–H groups in total. The van der Waals surface area contributed by atoms with E-state index in [0.717, 1.165) is 66.6 Å². The van der Waals surface area contributed by atoms with E-state index in [-0.39, 0.29) is 5.92 Å². The summed E-state index contributed by atoms with van der Waals surface area (Å²) >= 11 is 0. The van der Waals surface area contributed by atoms with Gasteiger partial charge in [0.2, 0.25) is 0 Å². The molecule has 0 radical (unpaired) electrons. The number of pyridine rings is 2. The van der Waals surface area contributed by atoms with E-state index in [1.54, 1.807) is 10.9 Å². The maximum atomic E-state index is 13.0. The Hall–Kier alpha value is -2.60. The van der Waals surface area contributed by atoms with Crippen molar-refractivity contribution in [3.05, 3.63) is 42.6 Å². The predicted molar refractivity (Wildman–Crippen MR) is 119 cm³/mol. The molecule has 6 nitrogen and oxygen atoms in total. The Bertz CT molecular complexity index is 1030. The van der Waals surface area contributed by atoms with Gasteiger partial charge in [-0.25, -0.2) is 0 Å². The van der Waals surface area contributed by atoms with Gasteiger partial charge in [-0.2, -0.15) is 5.10 Å². The Kier molecular flexibility index (Phi) is 6.23. The second-order valence-electron chi connectivity index (χ2n) is 8.96. The molecule has 1 fully saturated rings. The van der Waals surface area contributed by atoms with E-state index in [9.17, 15) is 4.79 Å². The Morgan fingerprint density at radius 1 is 1.10 bits per heavy atom. The van der Waals surface area contributed by atoms with Crippen molar-refractivity contribution in [3.8, 4) is 11.1 Å². The highest BCUT2D eigenvalue weighted by Crippen LogP contribution is 2.24. The van der Waals surface area contributed by atoms with Crippen LogP contribution >= 0.6 is 0 Å². The molecule has 4 rings (SSSR count). The maximum Gasteiger partial charge on any atom is 0.141 e. The van der Waals surface area contributed by atoms with Crippen molar-refractivity contribution in [3.63, 3.8) is 0 Å². The molecule has 0 aromatic carbocycles. The standard InChI is InChI=1S/C24H31N5O/c1-17(2)15-29-7-4-5-18(6-8-29)24(30)11-22-10-19-9-20(12-26-23(19)14-25-22)21-13-27-28(3)16-21/h9-10,12-14,16-18H,4-8,11,15H2,1-3H3. The van der Waals surface area contributed by atoms with Crippen LogP contribution in [0.4, 0.5) is 0 Å². The molecule has 1 atom stereocenters. The number of rotatable bonds is 6. The summed E-state index contributed by atoms with van der Waals surface area (Å²) in [6.45, 7) is 7.78. The molecule has 1 unspecified atom stereocenters. The Morgan fingerprint density at radius 2 is 1.97 bits per heavy atom. The van der Waals surface area contributed by atoms with Crippen LogP contribution in [-0.2, 0) is 18.3 Å². The highest BCUT2D eigenvalue weighted by Gasteiger charge is 2.23. The van der Waals surface area contributed by atoms with Crippen molar-refractivity contribution in [1.82, 2.24) is 24.6 Å². The van der Waals surface area contributed by atoms with Crippen LogP contribution in [0.5, 0.6) is 0 Å². The second kappa shape index (κ2) is 9.04. The SMILES string of the molecule is CC(C)CN1CCCC(C(=O)Cc2cc3cc(-c4cnn(C)c4)cnc3cn2)CC1. The molecule has 6 heteroatoms. The van der Waals surface area contributed by atoms with E-state index in [1.807, 2.05) is 31.7 Å². The van der Waals surface area contributed by atoms with Crippen LogP contribution in [0.2, 0.25) is 0 Å². The van der Waals surface area contributed by atoms with Crippen LogP contribution < -0.4 is 0 Å². The van der Waals surface area contributed by atoms with Gasteiger partial charge in [0.15, 0.2) is 0 Å². The van der Waals surface area contributed by atoms with E-state index >= 15 is 0 Å². The van der Waals surface area contributed by atoms with E-state index in [0.29, 0.717) is 18.1 Å². The average Bonchev–Trinajstić information content (AvgIpc) is 3.01. The molecule has 1 aliphatic heterocycles. The molecule has 0 bridgehead atoms. The summed E-state index contributed by atoms with van der Waals surface area (Å²) in [4.78, 5) is 24.5. The Labute approximate surface area is 178 Å². The van der Waals surface area contributed by atoms with Crippen molar-refractivity contribution < 1.29 is 4.79 Å². The number of carbonyl (C=O) groups excluding carboxylic acids is 1. The van der Waals surface area contributed by atoms with Gasteiger partial charge in [0.05, 0.1) is 17.9 Å². The number of aromatic nitrogens is 4. The Morgan fingerprint density at radius 3 is 2.73 bits per heavy atom. The first-order valence-corrected chi connectivity index (χ1v) is 11.0. The van der Waals surface area contributed by atoms with Crippen LogP contribution in [0.1, 0.15) is 38.8 Å². The first kappa shape index (κ1) is 20.7. The lowest BCUT2D eigenvalue weighted by atomic mass is 9.93. The fourth-order valence-electron chi connectivity index (χ4n) is 4.40. The zero-order valence-electron chi connectivity index (χ0n) is 18.2. The zero-order chi connectivity index (χ0) is 21.1. The van der Waals surface area contributed by atoms with Crippen molar-refractivity contribution >= 4 is 16.7 Å². The van der Waals surface area contributed by atoms with Crippen molar-refractivity contribution in [1.29, 1.82) is 0 Å². The van der Waals surface area contributed by atoms with Crippen molar-refractivity contribution in [2.75, 3.05) is 19.6 Å². The minimum Gasteiger partial charge on any atom is -0.303 e.